The van der Waals surface area contributed by atoms with E-state index >= 15 is 0 Å². The van der Waals surface area contributed by atoms with Gasteiger partial charge >= 0.3 is 7.07 Å². The molecule has 0 bridgehead atoms. The predicted molar refractivity (Wildman–Crippen MR) is 142 cm³/mol. The van der Waals surface area contributed by atoms with Gasteiger partial charge in [0.05, 0.1) is 31.4 Å². The standard InChI is InChI=1S/C24H26NO4PS3/c1-15(16-9-7-6-8-10-16)25-30(31)28-23-17(26-2)11-13-19(32-4)21(23)22-20(33-5)14-12-18(27-3)24(22)29-30/h6-15H,1-5H3,(H,25,31)/t15-/m0/s1. The molecule has 0 amide bonds. The highest BCUT2D eigenvalue weighted by molar-refractivity contribution is 8.37. The SMILES string of the molecule is COc1ccc(SC)c2c1O[P+]([S-])(N[C@@H](C)c1ccccc1)Oc1c(OC)ccc(SC)c1-2. The molecule has 0 fully saturated rings. The Hall–Kier alpha value is -1.70. The summed E-state index contributed by atoms with van der Waals surface area (Å²) in [6, 6.07) is 17.9. The zero-order valence-corrected chi connectivity index (χ0v) is 22.4. The highest BCUT2D eigenvalue weighted by Crippen LogP contribution is 2.66. The van der Waals surface area contributed by atoms with Crippen LogP contribution in [0.1, 0.15) is 18.5 Å². The molecule has 0 aliphatic carbocycles. The van der Waals surface area contributed by atoms with Gasteiger partial charge in [-0.25, -0.2) is 0 Å². The molecule has 3 aromatic carbocycles. The largest absolute Gasteiger partial charge is 0.493 e. The zero-order valence-electron chi connectivity index (χ0n) is 19.1. The van der Waals surface area contributed by atoms with Crippen LogP contribution in [0.2, 0.25) is 0 Å². The Morgan fingerprint density at radius 3 is 1.73 bits per heavy atom. The third-order valence-electron chi connectivity index (χ3n) is 5.37. The molecule has 33 heavy (non-hydrogen) atoms. The first-order valence-electron chi connectivity index (χ1n) is 10.3. The van der Waals surface area contributed by atoms with Crippen molar-refractivity contribution in [1.82, 2.24) is 5.09 Å². The van der Waals surface area contributed by atoms with Gasteiger partial charge in [0.2, 0.25) is 11.5 Å². The lowest BCUT2D eigenvalue weighted by Gasteiger charge is -2.31. The molecule has 0 unspecified atom stereocenters. The number of ether oxygens (including phenoxy) is 2. The van der Waals surface area contributed by atoms with E-state index in [1.807, 2.05) is 61.9 Å². The Balaban J connectivity index is 1.95. The number of hydrogen-bond donors (Lipinski definition) is 1. The lowest BCUT2D eigenvalue weighted by atomic mass is 10.0. The molecule has 0 spiro atoms. The van der Waals surface area contributed by atoms with E-state index < -0.39 is 7.07 Å². The van der Waals surface area contributed by atoms with Crippen LogP contribution in [0.5, 0.6) is 23.0 Å². The minimum Gasteiger partial charge on any atom is -0.493 e. The minimum atomic E-state index is -3.08. The van der Waals surface area contributed by atoms with E-state index in [-0.39, 0.29) is 6.04 Å². The van der Waals surface area contributed by atoms with E-state index in [9.17, 15) is 0 Å². The van der Waals surface area contributed by atoms with Crippen molar-refractivity contribution in [3.8, 4) is 34.1 Å². The van der Waals surface area contributed by atoms with Crippen LogP contribution in [-0.4, -0.2) is 26.7 Å². The van der Waals surface area contributed by atoms with Crippen molar-refractivity contribution in [2.24, 2.45) is 0 Å². The highest BCUT2D eigenvalue weighted by Gasteiger charge is 2.42. The summed E-state index contributed by atoms with van der Waals surface area (Å²) >= 11 is 9.35. The van der Waals surface area contributed by atoms with Crippen molar-refractivity contribution >= 4 is 42.8 Å². The molecule has 1 atom stereocenters. The molecule has 1 aliphatic rings. The number of hydrogen-bond acceptors (Lipinski definition) is 8. The number of benzene rings is 3. The van der Waals surface area contributed by atoms with E-state index in [4.69, 9.17) is 30.8 Å². The van der Waals surface area contributed by atoms with Gasteiger partial charge in [0, 0.05) is 9.79 Å². The average Bonchev–Trinajstić information content (AvgIpc) is 2.97. The van der Waals surface area contributed by atoms with Gasteiger partial charge in [-0.2, -0.15) is 0 Å². The third kappa shape index (κ3) is 4.77. The molecule has 1 heterocycles. The molecule has 0 saturated heterocycles. The van der Waals surface area contributed by atoms with Crippen LogP contribution in [0, 0.1) is 0 Å². The van der Waals surface area contributed by atoms with Gasteiger partial charge < -0.3 is 30.8 Å². The average molecular weight is 520 g/mol. The molecular formula is C24H26NO4PS3. The third-order valence-corrected chi connectivity index (χ3v) is 9.24. The molecule has 0 saturated carbocycles. The van der Waals surface area contributed by atoms with Crippen LogP contribution in [0.3, 0.4) is 0 Å². The Bertz CT molecular complexity index is 1080. The molecule has 0 aromatic heterocycles. The van der Waals surface area contributed by atoms with Crippen molar-refractivity contribution in [2.75, 3.05) is 26.7 Å². The maximum Gasteiger partial charge on any atom is 0.323 e. The molecule has 5 nitrogen and oxygen atoms in total. The first-order chi connectivity index (χ1) is 15.9. The monoisotopic (exact) mass is 519 g/mol. The number of thioether (sulfide) groups is 2. The molecular weight excluding hydrogens is 493 g/mol. The second-order valence-corrected chi connectivity index (χ2v) is 12.0. The molecule has 0 radical (unpaired) electrons. The molecule has 3 aromatic rings. The van der Waals surface area contributed by atoms with E-state index in [1.165, 1.54) is 0 Å². The van der Waals surface area contributed by atoms with Crippen molar-refractivity contribution in [3.63, 3.8) is 0 Å². The number of methoxy groups -OCH3 is 2. The van der Waals surface area contributed by atoms with Crippen LogP contribution < -0.4 is 23.6 Å². The van der Waals surface area contributed by atoms with E-state index in [1.54, 1.807) is 37.7 Å². The molecule has 174 valence electrons. The maximum atomic E-state index is 6.57. The van der Waals surface area contributed by atoms with E-state index in [2.05, 4.69) is 17.2 Å². The molecule has 9 heteroatoms. The number of rotatable bonds is 7. The van der Waals surface area contributed by atoms with Crippen LogP contribution >= 0.6 is 30.6 Å². The summed E-state index contributed by atoms with van der Waals surface area (Å²) in [5.74, 6) is 2.39. The number of fused-ring (bicyclic) bond motifs is 3. The quantitative estimate of drug-likeness (QED) is 0.200. The van der Waals surface area contributed by atoms with Crippen molar-refractivity contribution < 1.29 is 18.5 Å². The topological polar surface area (TPSA) is 49.0 Å². The predicted octanol–water partition coefficient (Wildman–Crippen LogP) is 7.16. The minimum absolute atomic E-state index is 0.0912. The summed E-state index contributed by atoms with van der Waals surface area (Å²) in [5, 5.41) is 3.47. The van der Waals surface area contributed by atoms with E-state index in [0.29, 0.717) is 23.0 Å². The summed E-state index contributed by atoms with van der Waals surface area (Å²) in [4.78, 5) is 2.08. The maximum absolute atomic E-state index is 6.57. The van der Waals surface area contributed by atoms with Gasteiger partial charge in [0.15, 0.2) is 11.5 Å². The summed E-state index contributed by atoms with van der Waals surface area (Å²) in [7, 11) is 0.189. The van der Waals surface area contributed by atoms with Gasteiger partial charge in [-0.15, -0.1) is 28.6 Å². The smallest absolute Gasteiger partial charge is 0.323 e. The fourth-order valence-corrected chi connectivity index (χ4v) is 7.51. The van der Waals surface area contributed by atoms with Crippen molar-refractivity contribution in [1.29, 1.82) is 0 Å². The second kappa shape index (κ2) is 10.3. The second-order valence-electron chi connectivity index (χ2n) is 7.29. The Kier molecular flexibility index (Phi) is 7.61. The Labute approximate surface area is 209 Å². The zero-order chi connectivity index (χ0) is 23.6. The van der Waals surface area contributed by atoms with Crippen molar-refractivity contribution in [3.05, 3.63) is 60.2 Å². The summed E-state index contributed by atoms with van der Waals surface area (Å²) in [6.07, 6.45) is 4.08. The van der Waals surface area contributed by atoms with E-state index in [0.717, 1.165) is 26.5 Å². The van der Waals surface area contributed by atoms with Crippen LogP contribution in [0.4, 0.5) is 0 Å². The van der Waals surface area contributed by atoms with Crippen LogP contribution in [0.25, 0.3) is 11.1 Å². The Morgan fingerprint density at radius 1 is 0.818 bits per heavy atom. The lowest BCUT2D eigenvalue weighted by Crippen LogP contribution is -2.25. The van der Waals surface area contributed by atoms with Gasteiger partial charge in [-0.3, -0.25) is 0 Å². The normalized spacial score (nSPS) is 14.7. The lowest BCUT2D eigenvalue weighted by molar-refractivity contribution is 0.376. The van der Waals surface area contributed by atoms with Crippen LogP contribution in [0.15, 0.2) is 64.4 Å². The molecule has 4 rings (SSSR count). The fraction of sp³-hybridized carbons (Fsp3) is 0.250. The molecule has 1 aliphatic heterocycles. The summed E-state index contributed by atoms with van der Waals surface area (Å²) in [5.41, 5.74) is 2.90. The summed E-state index contributed by atoms with van der Waals surface area (Å²) < 4.78 is 24.6. The first-order valence-corrected chi connectivity index (χ1v) is 15.4. The van der Waals surface area contributed by atoms with Gasteiger partial charge in [0.25, 0.3) is 0 Å². The highest BCUT2D eigenvalue weighted by atomic mass is 32.7. The van der Waals surface area contributed by atoms with Gasteiger partial charge in [-0.1, -0.05) is 30.3 Å². The first kappa shape index (κ1) is 24.4. The molecule has 1 N–H and O–H groups in total. The fourth-order valence-electron chi connectivity index (χ4n) is 3.77. The summed E-state index contributed by atoms with van der Waals surface area (Å²) in [6.45, 7) is 2.05. The van der Waals surface area contributed by atoms with Crippen molar-refractivity contribution in [2.45, 2.75) is 22.8 Å². The van der Waals surface area contributed by atoms with Crippen LogP contribution in [-0.2, 0) is 12.2 Å². The number of nitrogens with one attached hydrogen (secondary N) is 1. The van der Waals surface area contributed by atoms with Gasteiger partial charge in [-0.05, 0) is 49.3 Å². The Morgan fingerprint density at radius 2 is 1.30 bits per heavy atom. The van der Waals surface area contributed by atoms with Gasteiger partial charge in [0.1, 0.15) is 0 Å².